The highest BCUT2D eigenvalue weighted by Crippen LogP contribution is 2.26. The van der Waals surface area contributed by atoms with Gasteiger partial charge in [-0.25, -0.2) is 0 Å². The predicted molar refractivity (Wildman–Crippen MR) is 36.5 cm³/mol. The summed E-state index contributed by atoms with van der Waals surface area (Å²) in [6.07, 6.45) is -1.28. The van der Waals surface area contributed by atoms with Crippen molar-refractivity contribution >= 4 is 27.7 Å². The van der Waals surface area contributed by atoms with Gasteiger partial charge in [-0.05, 0) is 6.92 Å². The van der Waals surface area contributed by atoms with Crippen LogP contribution >= 0.6 is 15.9 Å². The highest BCUT2D eigenvalue weighted by atomic mass is 79.9. The van der Waals surface area contributed by atoms with E-state index in [0.717, 1.165) is 0 Å². The van der Waals surface area contributed by atoms with E-state index in [1.165, 1.54) is 6.92 Å². The number of carbonyl (C=O) groups excluding carboxylic acids is 2. The van der Waals surface area contributed by atoms with Crippen molar-refractivity contribution in [3.05, 3.63) is 0 Å². The van der Waals surface area contributed by atoms with E-state index in [9.17, 15) is 9.59 Å². The van der Waals surface area contributed by atoms with E-state index in [1.807, 2.05) is 5.32 Å². The molecule has 1 aliphatic rings. The Hall–Kier alpha value is -0.420. The van der Waals surface area contributed by atoms with Crippen molar-refractivity contribution in [3.63, 3.8) is 0 Å². The number of aliphatic hydroxyl groups is 1. The third-order valence-electron chi connectivity index (χ3n) is 1.44. The molecular formula is C5H6BrNO3. The zero-order chi connectivity index (χ0) is 7.94. The third-order valence-corrected chi connectivity index (χ3v) is 2.24. The first kappa shape index (κ1) is 7.68. The number of hydrogen-bond donors (Lipinski definition) is 2. The number of imide groups is 1. The molecule has 2 N–H and O–H groups in total. The number of rotatable bonds is 0. The number of alkyl halides is 1. The molecule has 2 amide bonds. The van der Waals surface area contributed by atoms with Crippen molar-refractivity contribution in [2.45, 2.75) is 17.4 Å². The summed E-state index contributed by atoms with van der Waals surface area (Å²) >= 11 is 2.93. The van der Waals surface area contributed by atoms with Crippen LogP contribution in [0.25, 0.3) is 0 Å². The lowest BCUT2D eigenvalue weighted by Gasteiger charge is -2.12. The van der Waals surface area contributed by atoms with Gasteiger partial charge in [0.15, 0.2) is 6.10 Å². The van der Waals surface area contributed by atoms with E-state index < -0.39 is 22.2 Å². The molecule has 56 valence electrons. The number of nitrogens with one attached hydrogen (secondary N) is 1. The van der Waals surface area contributed by atoms with E-state index in [0.29, 0.717) is 0 Å². The topological polar surface area (TPSA) is 66.4 Å². The standard InChI is InChI=1S/C5H6BrNO3/c1-5(6)2(8)3(9)7-4(5)10/h2,8H,1H3,(H,7,9,10). The van der Waals surface area contributed by atoms with Gasteiger partial charge in [-0.2, -0.15) is 0 Å². The average Bonchev–Trinajstić information content (AvgIpc) is 1.97. The second-order valence-corrected chi connectivity index (χ2v) is 3.94. The number of amides is 2. The van der Waals surface area contributed by atoms with E-state index in [2.05, 4.69) is 15.9 Å². The summed E-state index contributed by atoms with van der Waals surface area (Å²) in [5, 5.41) is 11.0. The van der Waals surface area contributed by atoms with Crippen molar-refractivity contribution in [3.8, 4) is 0 Å². The highest BCUT2D eigenvalue weighted by Gasteiger charge is 2.49. The minimum atomic E-state index is -1.28. The molecule has 2 unspecified atom stereocenters. The minimum absolute atomic E-state index is 0.495. The highest BCUT2D eigenvalue weighted by molar-refractivity contribution is 9.10. The fourth-order valence-electron chi connectivity index (χ4n) is 0.673. The van der Waals surface area contributed by atoms with Gasteiger partial charge in [-0.15, -0.1) is 0 Å². The lowest BCUT2D eigenvalue weighted by atomic mass is 10.1. The van der Waals surface area contributed by atoms with Gasteiger partial charge in [-0.1, -0.05) is 15.9 Å². The maximum absolute atomic E-state index is 10.8. The molecule has 0 saturated carbocycles. The molecule has 1 saturated heterocycles. The molecule has 0 spiro atoms. The fraction of sp³-hybridized carbons (Fsp3) is 0.600. The maximum Gasteiger partial charge on any atom is 0.257 e. The van der Waals surface area contributed by atoms with Crippen LogP contribution in [-0.2, 0) is 9.59 Å². The Kier molecular flexibility index (Phi) is 1.56. The molecule has 0 aliphatic carbocycles. The van der Waals surface area contributed by atoms with Crippen LogP contribution in [0, 0.1) is 0 Å². The molecule has 2 atom stereocenters. The molecule has 1 heterocycles. The van der Waals surface area contributed by atoms with Gasteiger partial charge in [0.25, 0.3) is 5.91 Å². The first-order valence-corrected chi connectivity index (χ1v) is 3.48. The number of halogens is 1. The molecule has 1 aliphatic heterocycles. The Morgan fingerprint density at radius 2 is 2.20 bits per heavy atom. The van der Waals surface area contributed by atoms with Crippen molar-refractivity contribution in [1.29, 1.82) is 0 Å². The third kappa shape index (κ3) is 0.856. The van der Waals surface area contributed by atoms with Crippen LogP contribution in [0.4, 0.5) is 0 Å². The minimum Gasteiger partial charge on any atom is -0.381 e. The molecule has 0 bridgehead atoms. The second kappa shape index (κ2) is 2.03. The van der Waals surface area contributed by atoms with Crippen LogP contribution in [0.5, 0.6) is 0 Å². The normalized spacial score (nSPS) is 40.1. The summed E-state index contributed by atoms with van der Waals surface area (Å²) < 4.78 is -1.15. The fourth-order valence-corrected chi connectivity index (χ4v) is 0.980. The molecule has 0 aromatic heterocycles. The Bertz CT molecular complexity index is 201. The predicted octanol–water partition coefficient (Wildman–Crippen LogP) is -0.843. The van der Waals surface area contributed by atoms with Crippen LogP contribution in [0.1, 0.15) is 6.92 Å². The zero-order valence-corrected chi connectivity index (χ0v) is 6.81. The van der Waals surface area contributed by atoms with Gasteiger partial charge >= 0.3 is 0 Å². The Balaban J connectivity index is 2.96. The summed E-state index contributed by atoms with van der Waals surface area (Å²) in [5.41, 5.74) is 0. The van der Waals surface area contributed by atoms with Crippen molar-refractivity contribution in [1.82, 2.24) is 5.32 Å². The molecule has 4 nitrogen and oxygen atoms in total. The van der Waals surface area contributed by atoms with Gasteiger partial charge in [0.2, 0.25) is 5.91 Å². The Labute approximate surface area is 65.7 Å². The molecule has 1 rings (SSSR count). The number of hydrogen-bond acceptors (Lipinski definition) is 3. The van der Waals surface area contributed by atoms with Gasteiger partial charge in [0.05, 0.1) is 0 Å². The summed E-state index contributed by atoms with van der Waals surface area (Å²) in [7, 11) is 0. The monoisotopic (exact) mass is 207 g/mol. The van der Waals surface area contributed by atoms with Gasteiger partial charge in [0, 0.05) is 0 Å². The van der Waals surface area contributed by atoms with Crippen LogP contribution < -0.4 is 5.32 Å². The smallest absolute Gasteiger partial charge is 0.257 e. The Morgan fingerprint density at radius 3 is 2.30 bits per heavy atom. The van der Waals surface area contributed by atoms with Crippen LogP contribution in [-0.4, -0.2) is 27.3 Å². The quantitative estimate of drug-likeness (QED) is 0.402. The van der Waals surface area contributed by atoms with Crippen molar-refractivity contribution in [2.75, 3.05) is 0 Å². The largest absolute Gasteiger partial charge is 0.381 e. The maximum atomic E-state index is 10.8. The lowest BCUT2D eigenvalue weighted by Crippen LogP contribution is -2.36. The summed E-state index contributed by atoms with van der Waals surface area (Å²) in [6.45, 7) is 1.44. The van der Waals surface area contributed by atoms with E-state index in [4.69, 9.17) is 5.11 Å². The van der Waals surface area contributed by atoms with Crippen LogP contribution in [0.15, 0.2) is 0 Å². The number of aliphatic hydroxyl groups excluding tert-OH is 1. The summed E-state index contributed by atoms with van der Waals surface area (Å²) in [6, 6.07) is 0. The van der Waals surface area contributed by atoms with Crippen molar-refractivity contribution in [2.24, 2.45) is 0 Å². The van der Waals surface area contributed by atoms with E-state index >= 15 is 0 Å². The molecule has 0 aromatic rings. The van der Waals surface area contributed by atoms with Gasteiger partial charge < -0.3 is 5.11 Å². The van der Waals surface area contributed by atoms with Gasteiger partial charge in [0.1, 0.15) is 4.32 Å². The molecular weight excluding hydrogens is 202 g/mol. The summed E-state index contributed by atoms with van der Waals surface area (Å²) in [4.78, 5) is 21.4. The molecule has 5 heteroatoms. The molecule has 0 aromatic carbocycles. The van der Waals surface area contributed by atoms with Gasteiger partial charge in [-0.3, -0.25) is 14.9 Å². The second-order valence-electron chi connectivity index (χ2n) is 2.30. The summed E-state index contributed by atoms with van der Waals surface area (Å²) in [5.74, 6) is -1.14. The molecule has 1 fully saturated rings. The Morgan fingerprint density at radius 1 is 1.70 bits per heavy atom. The van der Waals surface area contributed by atoms with Crippen LogP contribution in [0.3, 0.4) is 0 Å². The van der Waals surface area contributed by atoms with E-state index in [-0.39, 0.29) is 0 Å². The lowest BCUT2D eigenvalue weighted by molar-refractivity contribution is -0.127. The molecule has 10 heavy (non-hydrogen) atoms. The zero-order valence-electron chi connectivity index (χ0n) is 5.22. The first-order valence-electron chi connectivity index (χ1n) is 2.68. The van der Waals surface area contributed by atoms with Crippen LogP contribution in [0.2, 0.25) is 0 Å². The number of carbonyl (C=O) groups is 2. The first-order chi connectivity index (χ1) is 4.46. The SMILES string of the molecule is CC1(Br)C(=O)NC(=O)C1O. The molecule has 0 radical (unpaired) electrons. The van der Waals surface area contributed by atoms with E-state index in [1.54, 1.807) is 0 Å². The van der Waals surface area contributed by atoms with Crippen molar-refractivity contribution < 1.29 is 14.7 Å². The average molecular weight is 208 g/mol.